The van der Waals surface area contributed by atoms with Gasteiger partial charge in [-0.15, -0.1) is 0 Å². The van der Waals surface area contributed by atoms with Crippen LogP contribution in [-0.2, 0) is 17.8 Å². The fourth-order valence-electron chi connectivity index (χ4n) is 5.62. The van der Waals surface area contributed by atoms with E-state index in [0.29, 0.717) is 0 Å². The van der Waals surface area contributed by atoms with Gasteiger partial charge in [-0.2, -0.15) is 0 Å². The van der Waals surface area contributed by atoms with Gasteiger partial charge in [0.2, 0.25) is 0 Å². The first kappa shape index (κ1) is 25.1. The van der Waals surface area contributed by atoms with E-state index in [2.05, 4.69) is 45.9 Å². The lowest BCUT2D eigenvalue weighted by Gasteiger charge is -2.34. The van der Waals surface area contributed by atoms with Gasteiger partial charge in [0.05, 0.1) is 17.1 Å². The number of piperidine rings is 1. The van der Waals surface area contributed by atoms with Crippen LogP contribution in [0.15, 0.2) is 65.6 Å². The van der Waals surface area contributed by atoms with E-state index in [4.69, 9.17) is 4.74 Å². The largest absolute Gasteiger partial charge is 0.490 e. The Morgan fingerprint density at radius 1 is 1.13 bits per heavy atom. The minimum absolute atomic E-state index is 0.104. The number of hydrogen-bond donors (Lipinski definition) is 2. The van der Waals surface area contributed by atoms with Gasteiger partial charge in [-0.25, -0.2) is 4.39 Å². The second kappa shape index (κ2) is 10.9. The summed E-state index contributed by atoms with van der Waals surface area (Å²) < 4.78 is 19.9. The monoisotopic (exact) mass is 532 g/mol. The summed E-state index contributed by atoms with van der Waals surface area (Å²) in [6.07, 6.45) is 4.42. The molecule has 3 aromatic rings. The van der Waals surface area contributed by atoms with E-state index in [1.807, 2.05) is 24.1 Å². The first-order valence-corrected chi connectivity index (χ1v) is 14.3. The molecule has 1 atom stereocenters. The number of nitrogens with zero attached hydrogens (tertiary/aromatic N) is 2. The Morgan fingerprint density at radius 3 is 2.76 bits per heavy atom. The lowest BCUT2D eigenvalue weighted by Crippen LogP contribution is -2.37. The SMILES string of the molecule is CN1c2ccc(F)cc2SC1C(=O)Nc1cccc2c1N(Cc1ccc(OC3CCNCC3)cc1)CCC2. The average Bonchev–Trinajstić information content (AvgIpc) is 3.26. The summed E-state index contributed by atoms with van der Waals surface area (Å²) >= 11 is 1.39. The minimum Gasteiger partial charge on any atom is -0.490 e. The summed E-state index contributed by atoms with van der Waals surface area (Å²) in [5.74, 6) is 0.531. The van der Waals surface area contributed by atoms with Crippen LogP contribution in [0.25, 0.3) is 0 Å². The van der Waals surface area contributed by atoms with Crippen molar-refractivity contribution in [1.82, 2.24) is 5.32 Å². The highest BCUT2D eigenvalue weighted by atomic mass is 32.2. The Balaban J connectivity index is 1.17. The van der Waals surface area contributed by atoms with Crippen LogP contribution in [0.5, 0.6) is 5.75 Å². The van der Waals surface area contributed by atoms with Gasteiger partial charge >= 0.3 is 0 Å². The molecule has 38 heavy (non-hydrogen) atoms. The molecule has 0 aromatic heterocycles. The zero-order chi connectivity index (χ0) is 26.1. The van der Waals surface area contributed by atoms with E-state index in [-0.39, 0.29) is 17.8 Å². The summed E-state index contributed by atoms with van der Waals surface area (Å²) in [5, 5.41) is 6.12. The molecule has 1 amide bonds. The highest BCUT2D eigenvalue weighted by Crippen LogP contribution is 2.44. The maximum Gasteiger partial charge on any atom is 0.258 e. The number of anilines is 3. The molecule has 0 saturated carbocycles. The van der Waals surface area contributed by atoms with Crippen LogP contribution >= 0.6 is 11.8 Å². The van der Waals surface area contributed by atoms with Gasteiger partial charge in [-0.1, -0.05) is 36.0 Å². The number of likely N-dealkylation sites (N-methyl/N-ethyl adjacent to an activating group) is 1. The summed E-state index contributed by atoms with van der Waals surface area (Å²) in [6, 6.07) is 19.3. The second-order valence-electron chi connectivity index (χ2n) is 10.2. The molecule has 0 radical (unpaired) electrons. The standard InChI is InChI=1S/C30H33FN4O2S/c1-34-26-12-9-22(31)18-27(26)38-30(34)29(36)33-25-6-2-4-21-5-3-17-35(28(21)25)19-20-7-10-23(11-8-20)37-24-13-15-32-16-14-24/h2,4,6-12,18,24,30,32H,3,5,13-17,19H2,1H3,(H,33,36). The molecular formula is C30H33FN4O2S. The van der Waals surface area contributed by atoms with Crippen molar-refractivity contribution in [3.8, 4) is 5.75 Å². The number of thioether (sulfide) groups is 1. The van der Waals surface area contributed by atoms with Crippen LogP contribution in [0.3, 0.4) is 0 Å². The summed E-state index contributed by atoms with van der Waals surface area (Å²) in [6.45, 7) is 3.71. The van der Waals surface area contributed by atoms with Crippen molar-refractivity contribution >= 4 is 34.7 Å². The maximum atomic E-state index is 13.8. The molecule has 2 N–H and O–H groups in total. The molecule has 6 nitrogen and oxygen atoms in total. The number of carbonyl (C=O) groups is 1. The highest BCUT2D eigenvalue weighted by molar-refractivity contribution is 8.01. The van der Waals surface area contributed by atoms with Crippen molar-refractivity contribution in [3.63, 3.8) is 0 Å². The summed E-state index contributed by atoms with van der Waals surface area (Å²) in [4.78, 5) is 18.5. The molecule has 1 fully saturated rings. The number of hydrogen-bond acceptors (Lipinski definition) is 6. The van der Waals surface area contributed by atoms with Crippen molar-refractivity contribution < 1.29 is 13.9 Å². The van der Waals surface area contributed by atoms with Gasteiger partial charge in [-0.05, 0) is 86.3 Å². The highest BCUT2D eigenvalue weighted by Gasteiger charge is 2.34. The number of halogens is 1. The van der Waals surface area contributed by atoms with Crippen LogP contribution < -0.4 is 25.2 Å². The molecule has 3 aliphatic rings. The quantitative estimate of drug-likeness (QED) is 0.443. The van der Waals surface area contributed by atoms with Crippen LogP contribution in [0.4, 0.5) is 21.5 Å². The number of carbonyl (C=O) groups excluding carboxylic acids is 1. The van der Waals surface area contributed by atoms with E-state index in [0.717, 1.165) is 79.6 Å². The number of aryl methyl sites for hydroxylation is 1. The third-order valence-corrected chi connectivity index (χ3v) is 8.90. The first-order valence-electron chi connectivity index (χ1n) is 13.4. The molecule has 1 saturated heterocycles. The van der Waals surface area contributed by atoms with Crippen LogP contribution in [-0.4, -0.2) is 44.1 Å². The molecule has 3 aromatic carbocycles. The van der Waals surface area contributed by atoms with Crippen molar-refractivity contribution in [2.24, 2.45) is 0 Å². The smallest absolute Gasteiger partial charge is 0.258 e. The van der Waals surface area contributed by atoms with Crippen LogP contribution in [0.1, 0.15) is 30.4 Å². The van der Waals surface area contributed by atoms with E-state index < -0.39 is 5.37 Å². The molecule has 3 aliphatic heterocycles. The molecule has 6 rings (SSSR count). The normalized spacial score (nSPS) is 19.2. The zero-order valence-electron chi connectivity index (χ0n) is 21.6. The topological polar surface area (TPSA) is 56.8 Å². The number of benzene rings is 3. The third-order valence-electron chi connectivity index (χ3n) is 7.57. The number of nitrogens with one attached hydrogen (secondary N) is 2. The summed E-state index contributed by atoms with van der Waals surface area (Å²) in [5.41, 5.74) is 5.25. The van der Waals surface area contributed by atoms with Crippen LogP contribution in [0.2, 0.25) is 0 Å². The van der Waals surface area contributed by atoms with Crippen molar-refractivity contribution in [2.45, 2.75) is 48.6 Å². The number of ether oxygens (including phenoxy) is 1. The Kier molecular flexibility index (Phi) is 7.17. The molecule has 0 aliphatic carbocycles. The molecular weight excluding hydrogens is 499 g/mol. The number of para-hydroxylation sites is 1. The Labute approximate surface area is 227 Å². The number of fused-ring (bicyclic) bond motifs is 2. The number of rotatable bonds is 6. The Morgan fingerprint density at radius 2 is 1.95 bits per heavy atom. The lowest BCUT2D eigenvalue weighted by molar-refractivity contribution is -0.115. The Hall–Kier alpha value is -3.23. The lowest BCUT2D eigenvalue weighted by atomic mass is 9.99. The second-order valence-corrected chi connectivity index (χ2v) is 11.4. The van der Waals surface area contributed by atoms with Crippen molar-refractivity contribution in [1.29, 1.82) is 0 Å². The molecule has 3 heterocycles. The maximum absolute atomic E-state index is 13.8. The van der Waals surface area contributed by atoms with Gasteiger partial charge in [0.1, 0.15) is 17.7 Å². The van der Waals surface area contributed by atoms with Gasteiger partial charge in [0.25, 0.3) is 5.91 Å². The molecule has 0 bridgehead atoms. The average molecular weight is 533 g/mol. The molecule has 1 unspecified atom stereocenters. The molecule has 198 valence electrons. The predicted molar refractivity (Wildman–Crippen MR) is 152 cm³/mol. The fourth-order valence-corrected chi connectivity index (χ4v) is 6.81. The van der Waals surface area contributed by atoms with Gasteiger partial charge in [0.15, 0.2) is 5.37 Å². The molecule has 0 spiro atoms. The molecule has 8 heteroatoms. The van der Waals surface area contributed by atoms with E-state index in [1.54, 1.807) is 6.07 Å². The Bertz CT molecular complexity index is 1310. The van der Waals surface area contributed by atoms with Gasteiger partial charge in [0, 0.05) is 25.0 Å². The summed E-state index contributed by atoms with van der Waals surface area (Å²) in [7, 11) is 1.88. The number of amides is 1. The van der Waals surface area contributed by atoms with Crippen molar-refractivity contribution in [2.75, 3.05) is 41.8 Å². The van der Waals surface area contributed by atoms with E-state index in [1.165, 1.54) is 35.0 Å². The minimum atomic E-state index is -0.452. The first-order chi connectivity index (χ1) is 18.5. The van der Waals surface area contributed by atoms with E-state index >= 15 is 0 Å². The predicted octanol–water partition coefficient (Wildman–Crippen LogP) is 5.42. The zero-order valence-corrected chi connectivity index (χ0v) is 22.4. The van der Waals surface area contributed by atoms with E-state index in [9.17, 15) is 9.18 Å². The van der Waals surface area contributed by atoms with Crippen LogP contribution in [0, 0.1) is 5.82 Å². The van der Waals surface area contributed by atoms with Gasteiger partial charge < -0.3 is 25.2 Å². The fraction of sp³-hybridized carbons (Fsp3) is 0.367. The van der Waals surface area contributed by atoms with Crippen molar-refractivity contribution in [3.05, 3.63) is 77.6 Å². The van der Waals surface area contributed by atoms with Gasteiger partial charge in [-0.3, -0.25) is 4.79 Å². The third kappa shape index (κ3) is 5.20.